The summed E-state index contributed by atoms with van der Waals surface area (Å²) in [5, 5.41) is 11.5. The third kappa shape index (κ3) is 2.87. The zero-order chi connectivity index (χ0) is 17.4. The fourth-order valence-electron chi connectivity index (χ4n) is 3.62. The topological polar surface area (TPSA) is 53.7 Å². The van der Waals surface area contributed by atoms with Crippen molar-refractivity contribution in [2.24, 2.45) is 0 Å². The van der Waals surface area contributed by atoms with Gasteiger partial charge in [-0.1, -0.05) is 46.3 Å². The van der Waals surface area contributed by atoms with Crippen LogP contribution in [-0.4, -0.2) is 23.1 Å². The zero-order valence-electron chi connectivity index (χ0n) is 13.6. The summed E-state index contributed by atoms with van der Waals surface area (Å²) in [6, 6.07) is 14.6. The van der Waals surface area contributed by atoms with E-state index in [1.165, 1.54) is 0 Å². The number of halogens is 1. The molecule has 5 heteroatoms. The molecule has 1 unspecified atom stereocenters. The van der Waals surface area contributed by atoms with Gasteiger partial charge >= 0.3 is 5.63 Å². The minimum absolute atomic E-state index is 0.0134. The summed E-state index contributed by atoms with van der Waals surface area (Å²) in [6.07, 6.45) is 2.17. The Kier molecular flexibility index (Phi) is 4.36. The highest BCUT2D eigenvalue weighted by molar-refractivity contribution is 9.10. The lowest BCUT2D eigenvalue weighted by atomic mass is 9.96. The number of rotatable bonds is 3. The van der Waals surface area contributed by atoms with Gasteiger partial charge < -0.3 is 9.52 Å². The average Bonchev–Trinajstić information content (AvgIpc) is 3.14. The Labute approximate surface area is 153 Å². The highest BCUT2D eigenvalue weighted by Gasteiger charge is 2.32. The molecule has 2 heterocycles. The van der Waals surface area contributed by atoms with Crippen molar-refractivity contribution in [3.05, 3.63) is 74.6 Å². The van der Waals surface area contributed by atoms with E-state index in [2.05, 4.69) is 20.8 Å². The molecule has 4 nitrogen and oxygen atoms in total. The van der Waals surface area contributed by atoms with Gasteiger partial charge in [-0.25, -0.2) is 4.79 Å². The van der Waals surface area contributed by atoms with Gasteiger partial charge in [-0.15, -0.1) is 0 Å². The van der Waals surface area contributed by atoms with E-state index in [1.54, 1.807) is 18.2 Å². The largest absolute Gasteiger partial charge is 0.507 e. The second kappa shape index (κ2) is 6.65. The summed E-state index contributed by atoms with van der Waals surface area (Å²) in [6.45, 7) is 1.77. The van der Waals surface area contributed by atoms with Crippen LogP contribution < -0.4 is 5.63 Å². The fraction of sp³-hybridized carbons (Fsp3) is 0.250. The molecule has 1 saturated heterocycles. The number of nitrogens with zero attached hydrogens (tertiary/aromatic N) is 1. The molecule has 1 aliphatic heterocycles. The summed E-state index contributed by atoms with van der Waals surface area (Å²) in [5.41, 5.74) is 1.19. The Balaban J connectivity index is 1.98. The minimum atomic E-state index is -0.483. The van der Waals surface area contributed by atoms with Gasteiger partial charge in [-0.05, 0) is 49.7 Å². The summed E-state index contributed by atoms with van der Waals surface area (Å²) in [4.78, 5) is 15.0. The molecule has 0 spiro atoms. The van der Waals surface area contributed by atoms with Gasteiger partial charge in [0.25, 0.3) is 0 Å². The maximum Gasteiger partial charge on any atom is 0.345 e. The Morgan fingerprint density at radius 3 is 2.48 bits per heavy atom. The number of aromatic hydroxyl groups is 1. The first-order valence-electron chi connectivity index (χ1n) is 8.40. The van der Waals surface area contributed by atoms with E-state index in [0.717, 1.165) is 36.0 Å². The van der Waals surface area contributed by atoms with Crippen LogP contribution in [0.5, 0.6) is 5.75 Å². The molecule has 1 aliphatic rings. The normalized spacial score (nSPS) is 16.4. The van der Waals surface area contributed by atoms with Gasteiger partial charge in [-0.2, -0.15) is 0 Å². The van der Waals surface area contributed by atoms with Crippen molar-refractivity contribution in [3.8, 4) is 5.75 Å². The quantitative estimate of drug-likeness (QED) is 0.661. The molecule has 25 heavy (non-hydrogen) atoms. The predicted molar refractivity (Wildman–Crippen MR) is 101 cm³/mol. The van der Waals surface area contributed by atoms with Crippen LogP contribution in [0.25, 0.3) is 11.0 Å². The average molecular weight is 400 g/mol. The van der Waals surface area contributed by atoms with E-state index in [1.807, 2.05) is 30.3 Å². The molecule has 4 rings (SSSR count). The van der Waals surface area contributed by atoms with Gasteiger partial charge in [0.15, 0.2) is 0 Å². The van der Waals surface area contributed by atoms with Crippen LogP contribution in [0.2, 0.25) is 0 Å². The van der Waals surface area contributed by atoms with Gasteiger partial charge in [0.05, 0.1) is 11.4 Å². The fourth-order valence-corrected chi connectivity index (χ4v) is 4.12. The summed E-state index contributed by atoms with van der Waals surface area (Å²) < 4.78 is 6.43. The molecule has 1 atom stereocenters. The second-order valence-corrected chi connectivity index (χ2v) is 7.17. The van der Waals surface area contributed by atoms with E-state index < -0.39 is 5.63 Å². The van der Waals surface area contributed by atoms with Crippen LogP contribution >= 0.6 is 15.9 Å². The lowest BCUT2D eigenvalue weighted by Gasteiger charge is -2.28. The predicted octanol–water partition coefficient (Wildman–Crippen LogP) is 4.45. The number of fused-ring (bicyclic) bond motifs is 1. The molecule has 2 aromatic carbocycles. The smallest absolute Gasteiger partial charge is 0.345 e. The molecular formula is C20H18BrNO3. The van der Waals surface area contributed by atoms with Gasteiger partial charge in [0.2, 0.25) is 0 Å². The Morgan fingerprint density at radius 2 is 1.72 bits per heavy atom. The van der Waals surface area contributed by atoms with E-state index in [0.29, 0.717) is 16.5 Å². The number of likely N-dealkylation sites (tertiary alicyclic amines) is 1. The maximum absolute atomic E-state index is 12.8. The van der Waals surface area contributed by atoms with Crippen LogP contribution in [0.15, 0.2) is 62.2 Å². The number of para-hydroxylation sites is 1. The van der Waals surface area contributed by atoms with Crippen LogP contribution in [0, 0.1) is 0 Å². The first-order valence-corrected chi connectivity index (χ1v) is 9.19. The zero-order valence-corrected chi connectivity index (χ0v) is 15.2. The van der Waals surface area contributed by atoms with E-state index >= 15 is 0 Å². The van der Waals surface area contributed by atoms with Crippen LogP contribution in [0.3, 0.4) is 0 Å². The molecule has 0 saturated carbocycles. The monoisotopic (exact) mass is 399 g/mol. The highest BCUT2D eigenvalue weighted by atomic mass is 79.9. The molecule has 3 aromatic rings. The summed E-state index contributed by atoms with van der Waals surface area (Å²) in [5.74, 6) is 0.0134. The van der Waals surface area contributed by atoms with Crippen LogP contribution in [-0.2, 0) is 0 Å². The van der Waals surface area contributed by atoms with Crippen molar-refractivity contribution in [1.29, 1.82) is 0 Å². The van der Waals surface area contributed by atoms with E-state index in [-0.39, 0.29) is 11.8 Å². The van der Waals surface area contributed by atoms with E-state index in [4.69, 9.17) is 4.42 Å². The molecule has 0 amide bonds. The van der Waals surface area contributed by atoms with Crippen LogP contribution in [0.4, 0.5) is 0 Å². The Bertz CT molecular complexity index is 976. The van der Waals surface area contributed by atoms with Gasteiger partial charge in [0, 0.05) is 4.47 Å². The third-order valence-corrected chi connectivity index (χ3v) is 5.52. The molecule has 0 bridgehead atoms. The number of hydrogen-bond acceptors (Lipinski definition) is 4. The van der Waals surface area contributed by atoms with Gasteiger partial charge in [-0.3, -0.25) is 4.90 Å². The van der Waals surface area contributed by atoms with Gasteiger partial charge in [0.1, 0.15) is 16.9 Å². The number of benzene rings is 2. The molecule has 0 aliphatic carbocycles. The maximum atomic E-state index is 12.8. The molecule has 0 radical (unpaired) electrons. The Morgan fingerprint density at radius 1 is 1.04 bits per heavy atom. The minimum Gasteiger partial charge on any atom is -0.507 e. The van der Waals surface area contributed by atoms with E-state index in [9.17, 15) is 9.90 Å². The molecule has 1 fully saturated rings. The number of hydrogen-bond donors (Lipinski definition) is 1. The third-order valence-electron chi connectivity index (χ3n) is 4.80. The van der Waals surface area contributed by atoms with Crippen molar-refractivity contribution >= 4 is 26.9 Å². The van der Waals surface area contributed by atoms with Crippen LogP contribution in [0.1, 0.15) is 30.0 Å². The second-order valence-electron chi connectivity index (χ2n) is 6.32. The summed E-state index contributed by atoms with van der Waals surface area (Å²) in [7, 11) is 0. The molecule has 1 N–H and O–H groups in total. The first-order chi connectivity index (χ1) is 12.2. The van der Waals surface area contributed by atoms with Crippen molar-refractivity contribution < 1.29 is 9.52 Å². The SMILES string of the molecule is O=c1oc2ccccc2c(O)c1C(c1ccccc1Br)N1CCCC1. The van der Waals surface area contributed by atoms with Crippen molar-refractivity contribution in [1.82, 2.24) is 4.90 Å². The summed E-state index contributed by atoms with van der Waals surface area (Å²) >= 11 is 3.60. The lowest BCUT2D eigenvalue weighted by molar-refractivity contribution is 0.269. The van der Waals surface area contributed by atoms with Crippen molar-refractivity contribution in [3.63, 3.8) is 0 Å². The highest BCUT2D eigenvalue weighted by Crippen LogP contribution is 2.39. The standard InChI is InChI=1S/C20H18BrNO3/c21-15-9-3-1-7-13(15)18(22-11-5-6-12-22)17-19(23)14-8-2-4-10-16(14)25-20(17)24/h1-4,7-10,18,23H,5-6,11-12H2. The molecule has 128 valence electrons. The first kappa shape index (κ1) is 16.4. The van der Waals surface area contributed by atoms with Crippen molar-refractivity contribution in [2.75, 3.05) is 13.1 Å². The Hall–Kier alpha value is -2.11. The molecule has 1 aromatic heterocycles. The lowest BCUT2D eigenvalue weighted by Crippen LogP contribution is -2.30. The van der Waals surface area contributed by atoms with Crippen molar-refractivity contribution in [2.45, 2.75) is 18.9 Å². The molecular weight excluding hydrogens is 382 g/mol.